The van der Waals surface area contributed by atoms with E-state index in [9.17, 15) is 0 Å². The first-order chi connectivity index (χ1) is 8.19. The molecule has 0 fully saturated rings. The van der Waals surface area contributed by atoms with Crippen molar-refractivity contribution in [2.75, 3.05) is 0 Å². The Labute approximate surface area is 100 Å². The average molecular weight is 224 g/mol. The van der Waals surface area contributed by atoms with Gasteiger partial charge in [0.15, 0.2) is 0 Å². The minimum absolute atomic E-state index is 0.640. The number of aryl methyl sites for hydroxylation is 2. The maximum atomic E-state index is 8.78. The van der Waals surface area contributed by atoms with Crippen LogP contribution in [0.4, 0.5) is 0 Å². The molecular weight excluding hydrogens is 212 g/mol. The zero-order valence-electron chi connectivity index (χ0n) is 9.77. The Morgan fingerprint density at radius 3 is 2.65 bits per heavy atom. The molecule has 0 saturated heterocycles. The lowest BCUT2D eigenvalue weighted by Gasteiger charge is -2.08. The van der Waals surface area contributed by atoms with Crippen molar-refractivity contribution in [2.45, 2.75) is 13.8 Å². The van der Waals surface area contributed by atoms with E-state index in [1.54, 1.807) is 12.3 Å². The summed E-state index contributed by atoms with van der Waals surface area (Å²) >= 11 is 0. The Balaban J connectivity index is 2.28. The van der Waals surface area contributed by atoms with Gasteiger partial charge in [-0.25, -0.2) is 0 Å². The van der Waals surface area contributed by atoms with Gasteiger partial charge in [-0.05, 0) is 43.7 Å². The lowest BCUT2D eigenvalue weighted by molar-refractivity contribution is 0.477. The lowest BCUT2D eigenvalue weighted by Crippen LogP contribution is -1.90. The number of pyridine rings is 1. The molecule has 0 N–H and O–H groups in total. The standard InChI is InChI=1S/C14H12N2O/c1-10-7-12(9-15)3-4-14(10)17-13-5-6-16-11(2)8-13/h3-8H,1-2H3. The van der Waals surface area contributed by atoms with Crippen LogP contribution < -0.4 is 4.74 Å². The molecule has 3 heteroatoms. The first-order valence-electron chi connectivity index (χ1n) is 5.30. The van der Waals surface area contributed by atoms with Crippen molar-refractivity contribution in [3.63, 3.8) is 0 Å². The number of benzene rings is 1. The molecule has 17 heavy (non-hydrogen) atoms. The smallest absolute Gasteiger partial charge is 0.130 e. The van der Waals surface area contributed by atoms with Crippen LogP contribution in [0.2, 0.25) is 0 Å². The Bertz CT molecular complexity index is 585. The minimum Gasteiger partial charge on any atom is -0.457 e. The highest BCUT2D eigenvalue weighted by atomic mass is 16.5. The van der Waals surface area contributed by atoms with Crippen LogP contribution in [0.3, 0.4) is 0 Å². The van der Waals surface area contributed by atoms with Crippen LogP contribution in [-0.4, -0.2) is 4.98 Å². The van der Waals surface area contributed by atoms with Crippen LogP contribution >= 0.6 is 0 Å². The summed E-state index contributed by atoms with van der Waals surface area (Å²) < 4.78 is 5.74. The molecular formula is C14H12N2O. The van der Waals surface area contributed by atoms with Gasteiger partial charge in [-0.15, -0.1) is 0 Å². The quantitative estimate of drug-likeness (QED) is 0.785. The van der Waals surface area contributed by atoms with Crippen LogP contribution in [0.1, 0.15) is 16.8 Å². The molecule has 84 valence electrons. The van der Waals surface area contributed by atoms with Crippen molar-refractivity contribution in [3.05, 3.63) is 53.3 Å². The van der Waals surface area contributed by atoms with Crippen molar-refractivity contribution in [1.29, 1.82) is 5.26 Å². The number of nitrogens with zero attached hydrogens (tertiary/aromatic N) is 2. The van der Waals surface area contributed by atoms with Crippen molar-refractivity contribution in [2.24, 2.45) is 0 Å². The molecule has 1 aromatic carbocycles. The third kappa shape index (κ3) is 2.61. The molecule has 0 spiro atoms. The van der Waals surface area contributed by atoms with Gasteiger partial charge in [0.1, 0.15) is 11.5 Å². The molecule has 0 radical (unpaired) electrons. The minimum atomic E-state index is 0.640. The topological polar surface area (TPSA) is 45.9 Å². The van der Waals surface area contributed by atoms with Gasteiger partial charge in [0.2, 0.25) is 0 Å². The van der Waals surface area contributed by atoms with E-state index in [1.807, 2.05) is 38.1 Å². The van der Waals surface area contributed by atoms with Gasteiger partial charge >= 0.3 is 0 Å². The largest absolute Gasteiger partial charge is 0.457 e. The predicted octanol–water partition coefficient (Wildman–Crippen LogP) is 3.36. The first kappa shape index (κ1) is 11.2. The van der Waals surface area contributed by atoms with Crippen LogP contribution in [-0.2, 0) is 0 Å². The Morgan fingerprint density at radius 2 is 2.00 bits per heavy atom. The van der Waals surface area contributed by atoms with Crippen molar-refractivity contribution in [1.82, 2.24) is 4.98 Å². The van der Waals surface area contributed by atoms with Crippen molar-refractivity contribution >= 4 is 0 Å². The predicted molar refractivity (Wildman–Crippen MR) is 64.9 cm³/mol. The highest BCUT2D eigenvalue weighted by Crippen LogP contribution is 2.25. The maximum Gasteiger partial charge on any atom is 0.130 e. The third-order valence-electron chi connectivity index (χ3n) is 2.40. The van der Waals surface area contributed by atoms with Crippen LogP contribution in [0.15, 0.2) is 36.5 Å². The molecule has 0 amide bonds. The summed E-state index contributed by atoms with van der Waals surface area (Å²) in [5.74, 6) is 1.51. The van der Waals surface area contributed by atoms with Gasteiger partial charge in [0, 0.05) is 18.0 Å². The molecule has 0 aliphatic carbocycles. The zero-order valence-corrected chi connectivity index (χ0v) is 9.77. The second-order valence-corrected chi connectivity index (χ2v) is 3.83. The second-order valence-electron chi connectivity index (χ2n) is 3.83. The number of ether oxygens (including phenoxy) is 1. The average Bonchev–Trinajstić information content (AvgIpc) is 2.32. The van der Waals surface area contributed by atoms with Gasteiger partial charge in [-0.2, -0.15) is 5.26 Å². The Hall–Kier alpha value is -2.34. The normalized spacial score (nSPS) is 9.71. The monoisotopic (exact) mass is 224 g/mol. The van der Waals surface area contributed by atoms with Gasteiger partial charge in [-0.3, -0.25) is 4.98 Å². The van der Waals surface area contributed by atoms with E-state index in [1.165, 1.54) is 0 Å². The van der Waals surface area contributed by atoms with E-state index in [0.29, 0.717) is 5.56 Å². The maximum absolute atomic E-state index is 8.78. The van der Waals surface area contributed by atoms with E-state index in [-0.39, 0.29) is 0 Å². The van der Waals surface area contributed by atoms with Gasteiger partial charge < -0.3 is 4.74 Å². The van der Waals surface area contributed by atoms with Crippen LogP contribution in [0.5, 0.6) is 11.5 Å². The molecule has 0 aliphatic heterocycles. The Kier molecular flexibility index (Phi) is 3.06. The summed E-state index contributed by atoms with van der Waals surface area (Å²) in [6.45, 7) is 3.84. The fourth-order valence-electron chi connectivity index (χ4n) is 1.54. The number of aromatic nitrogens is 1. The molecule has 2 aromatic rings. The summed E-state index contributed by atoms with van der Waals surface area (Å²) in [7, 11) is 0. The number of hydrogen-bond donors (Lipinski definition) is 0. The third-order valence-corrected chi connectivity index (χ3v) is 2.40. The van der Waals surface area contributed by atoms with Crippen molar-refractivity contribution < 1.29 is 4.74 Å². The molecule has 0 saturated carbocycles. The van der Waals surface area contributed by atoms with Gasteiger partial charge in [-0.1, -0.05) is 0 Å². The van der Waals surface area contributed by atoms with E-state index in [4.69, 9.17) is 10.00 Å². The number of hydrogen-bond acceptors (Lipinski definition) is 3. The summed E-state index contributed by atoms with van der Waals surface area (Å²) in [6, 6.07) is 11.1. The molecule has 0 unspecified atom stereocenters. The highest BCUT2D eigenvalue weighted by Gasteiger charge is 2.03. The molecule has 2 rings (SSSR count). The molecule has 1 aromatic heterocycles. The van der Waals surface area contributed by atoms with Gasteiger partial charge in [0.25, 0.3) is 0 Å². The highest BCUT2D eigenvalue weighted by molar-refractivity contribution is 5.43. The van der Waals surface area contributed by atoms with Crippen LogP contribution in [0, 0.1) is 25.2 Å². The molecule has 0 bridgehead atoms. The summed E-state index contributed by atoms with van der Waals surface area (Å²) in [5, 5.41) is 8.78. The SMILES string of the molecule is Cc1cc(Oc2ccc(C#N)cc2C)ccn1. The summed E-state index contributed by atoms with van der Waals surface area (Å²) in [4.78, 5) is 4.11. The molecule has 0 aliphatic rings. The second kappa shape index (κ2) is 4.67. The molecule has 3 nitrogen and oxygen atoms in total. The summed E-state index contributed by atoms with van der Waals surface area (Å²) in [6.07, 6.45) is 1.71. The van der Waals surface area contributed by atoms with Crippen molar-refractivity contribution in [3.8, 4) is 17.6 Å². The van der Waals surface area contributed by atoms with Gasteiger partial charge in [0.05, 0.1) is 11.6 Å². The fraction of sp³-hybridized carbons (Fsp3) is 0.143. The fourth-order valence-corrected chi connectivity index (χ4v) is 1.54. The number of rotatable bonds is 2. The van der Waals surface area contributed by atoms with E-state index < -0.39 is 0 Å². The van der Waals surface area contributed by atoms with Crippen LogP contribution in [0.25, 0.3) is 0 Å². The number of nitriles is 1. The van der Waals surface area contributed by atoms with E-state index in [0.717, 1.165) is 22.8 Å². The molecule has 1 heterocycles. The lowest BCUT2D eigenvalue weighted by atomic mass is 10.1. The molecule has 0 atom stereocenters. The van der Waals surface area contributed by atoms with E-state index >= 15 is 0 Å². The summed E-state index contributed by atoms with van der Waals surface area (Å²) in [5.41, 5.74) is 2.49. The zero-order chi connectivity index (χ0) is 12.3. The Morgan fingerprint density at radius 1 is 1.18 bits per heavy atom. The first-order valence-corrected chi connectivity index (χ1v) is 5.30. The van der Waals surface area contributed by atoms with E-state index in [2.05, 4.69) is 11.1 Å².